The van der Waals surface area contributed by atoms with Crippen molar-refractivity contribution in [3.8, 4) is 11.5 Å². The van der Waals surface area contributed by atoms with Gasteiger partial charge < -0.3 is 14.4 Å². The number of piperidine rings is 1. The lowest BCUT2D eigenvalue weighted by molar-refractivity contribution is -0.127. The molecule has 0 saturated carbocycles. The summed E-state index contributed by atoms with van der Waals surface area (Å²) >= 11 is 0. The van der Waals surface area contributed by atoms with E-state index in [4.69, 9.17) is 9.47 Å². The first kappa shape index (κ1) is 14.0. The molecule has 0 aliphatic carbocycles. The number of benzene rings is 1. The first-order chi connectivity index (χ1) is 10.3. The van der Waals surface area contributed by atoms with E-state index in [1.807, 2.05) is 17.9 Å². The maximum atomic E-state index is 11.8. The molecule has 0 unspecified atom stereocenters. The number of likely N-dealkylation sites (tertiary alicyclic amines) is 1. The van der Waals surface area contributed by atoms with Gasteiger partial charge in [0.15, 0.2) is 11.5 Å². The largest absolute Gasteiger partial charge is 0.454 e. The van der Waals surface area contributed by atoms with Crippen molar-refractivity contribution < 1.29 is 14.3 Å². The second kappa shape index (κ2) is 6.20. The Morgan fingerprint density at radius 2 is 2.05 bits per heavy atom. The van der Waals surface area contributed by atoms with Crippen LogP contribution < -0.4 is 9.47 Å². The molecule has 1 saturated heterocycles. The Morgan fingerprint density at radius 1 is 1.29 bits per heavy atom. The van der Waals surface area contributed by atoms with E-state index in [2.05, 4.69) is 12.1 Å². The van der Waals surface area contributed by atoms with E-state index in [-0.39, 0.29) is 5.91 Å². The third-order valence-corrected chi connectivity index (χ3v) is 4.20. The van der Waals surface area contributed by atoms with E-state index in [0.717, 1.165) is 43.9 Å². The average molecular weight is 287 g/mol. The summed E-state index contributed by atoms with van der Waals surface area (Å²) < 4.78 is 10.8. The van der Waals surface area contributed by atoms with Gasteiger partial charge in [-0.1, -0.05) is 12.1 Å². The molecule has 112 valence electrons. The summed E-state index contributed by atoms with van der Waals surface area (Å²) in [6.45, 7) is 3.92. The van der Waals surface area contributed by atoms with Gasteiger partial charge in [-0.3, -0.25) is 4.79 Å². The minimum absolute atomic E-state index is 0.138. The zero-order valence-corrected chi connectivity index (χ0v) is 12.4. The van der Waals surface area contributed by atoms with Crippen molar-refractivity contribution >= 4 is 5.91 Å². The molecule has 0 aromatic heterocycles. The van der Waals surface area contributed by atoms with Crippen LogP contribution in [0, 0.1) is 5.92 Å². The summed E-state index contributed by atoms with van der Waals surface area (Å²) in [7, 11) is 0. The standard InChI is InChI=1S/C17H21NO3/c1-2-3-17(19)18-8-6-13(7-9-18)10-14-4-5-15-16(11-14)21-12-20-15/h2-5,11,13H,6-10,12H2,1H3/b3-2+. The molecule has 21 heavy (non-hydrogen) atoms. The van der Waals surface area contributed by atoms with Gasteiger partial charge in [-0.25, -0.2) is 0 Å². The summed E-state index contributed by atoms with van der Waals surface area (Å²) in [6.07, 6.45) is 6.64. The minimum atomic E-state index is 0.138. The number of carbonyl (C=O) groups excluding carboxylic acids is 1. The third-order valence-electron chi connectivity index (χ3n) is 4.20. The third kappa shape index (κ3) is 3.20. The number of fused-ring (bicyclic) bond motifs is 1. The fourth-order valence-electron chi connectivity index (χ4n) is 3.01. The van der Waals surface area contributed by atoms with Crippen LogP contribution in [0.15, 0.2) is 30.4 Å². The normalized spacial score (nSPS) is 18.4. The summed E-state index contributed by atoms with van der Waals surface area (Å²) in [5.74, 6) is 2.47. The second-order valence-electron chi connectivity index (χ2n) is 5.66. The van der Waals surface area contributed by atoms with Crippen LogP contribution >= 0.6 is 0 Å². The van der Waals surface area contributed by atoms with Crippen LogP contribution in [0.3, 0.4) is 0 Å². The maximum absolute atomic E-state index is 11.8. The van der Waals surface area contributed by atoms with Crippen molar-refractivity contribution in [2.45, 2.75) is 26.2 Å². The number of rotatable bonds is 3. The van der Waals surface area contributed by atoms with Gasteiger partial charge in [-0.05, 0) is 55.9 Å². The SMILES string of the molecule is C/C=C/C(=O)N1CCC(Cc2ccc3c(c2)OCO3)CC1. The monoisotopic (exact) mass is 287 g/mol. The Balaban J connectivity index is 1.55. The molecule has 1 aromatic rings. The van der Waals surface area contributed by atoms with Crippen molar-refractivity contribution in [3.63, 3.8) is 0 Å². The predicted molar refractivity (Wildman–Crippen MR) is 80.4 cm³/mol. The Morgan fingerprint density at radius 3 is 2.81 bits per heavy atom. The molecular formula is C17H21NO3. The molecule has 1 aromatic carbocycles. The van der Waals surface area contributed by atoms with E-state index in [1.165, 1.54) is 5.56 Å². The van der Waals surface area contributed by atoms with Crippen LogP contribution in [0.1, 0.15) is 25.3 Å². The summed E-state index contributed by atoms with van der Waals surface area (Å²) in [4.78, 5) is 13.7. The van der Waals surface area contributed by atoms with Gasteiger partial charge in [0, 0.05) is 13.1 Å². The number of hydrogen-bond acceptors (Lipinski definition) is 3. The Bertz CT molecular complexity index is 545. The summed E-state index contributed by atoms with van der Waals surface area (Å²) in [5, 5.41) is 0. The molecule has 0 atom stereocenters. The van der Waals surface area contributed by atoms with Crippen molar-refractivity contribution in [1.82, 2.24) is 4.90 Å². The molecule has 1 fully saturated rings. The quantitative estimate of drug-likeness (QED) is 0.802. The van der Waals surface area contributed by atoms with E-state index in [1.54, 1.807) is 12.2 Å². The van der Waals surface area contributed by atoms with Crippen LogP contribution in [0.5, 0.6) is 11.5 Å². The summed E-state index contributed by atoms with van der Waals surface area (Å²) in [6, 6.07) is 6.19. The van der Waals surface area contributed by atoms with Crippen LogP contribution in [0.4, 0.5) is 0 Å². The first-order valence-electron chi connectivity index (χ1n) is 7.56. The average Bonchev–Trinajstić information content (AvgIpc) is 2.96. The zero-order chi connectivity index (χ0) is 14.7. The number of carbonyl (C=O) groups is 1. The number of allylic oxidation sites excluding steroid dienone is 1. The van der Waals surface area contributed by atoms with Crippen LogP contribution in [-0.4, -0.2) is 30.7 Å². The smallest absolute Gasteiger partial charge is 0.246 e. The molecule has 1 amide bonds. The van der Waals surface area contributed by atoms with Crippen molar-refractivity contribution in [2.24, 2.45) is 5.92 Å². The number of amides is 1. The van der Waals surface area contributed by atoms with Crippen molar-refractivity contribution in [1.29, 1.82) is 0 Å². The zero-order valence-electron chi connectivity index (χ0n) is 12.4. The molecule has 0 N–H and O–H groups in total. The Kier molecular flexibility index (Phi) is 4.13. The lowest BCUT2D eigenvalue weighted by atomic mass is 9.90. The van der Waals surface area contributed by atoms with Crippen LogP contribution in [0.25, 0.3) is 0 Å². The lowest BCUT2D eigenvalue weighted by Crippen LogP contribution is -2.37. The van der Waals surface area contributed by atoms with Gasteiger partial charge in [0.1, 0.15) is 0 Å². The molecule has 2 aliphatic heterocycles. The molecule has 0 spiro atoms. The van der Waals surface area contributed by atoms with E-state index < -0.39 is 0 Å². The fraction of sp³-hybridized carbons (Fsp3) is 0.471. The summed E-state index contributed by atoms with van der Waals surface area (Å²) in [5.41, 5.74) is 1.29. The highest BCUT2D eigenvalue weighted by molar-refractivity contribution is 5.87. The molecule has 0 radical (unpaired) electrons. The van der Waals surface area contributed by atoms with Crippen molar-refractivity contribution in [3.05, 3.63) is 35.9 Å². The molecule has 4 heteroatoms. The second-order valence-corrected chi connectivity index (χ2v) is 5.66. The van der Waals surface area contributed by atoms with Gasteiger partial charge in [-0.15, -0.1) is 0 Å². The molecule has 3 rings (SSSR count). The van der Waals surface area contributed by atoms with Crippen molar-refractivity contribution in [2.75, 3.05) is 19.9 Å². The number of hydrogen-bond donors (Lipinski definition) is 0. The molecule has 0 bridgehead atoms. The highest BCUT2D eigenvalue weighted by Gasteiger charge is 2.22. The van der Waals surface area contributed by atoms with E-state index in [9.17, 15) is 4.79 Å². The van der Waals surface area contributed by atoms with Gasteiger partial charge in [-0.2, -0.15) is 0 Å². The maximum Gasteiger partial charge on any atom is 0.246 e. The molecule has 4 nitrogen and oxygen atoms in total. The van der Waals surface area contributed by atoms with Crippen LogP contribution in [0.2, 0.25) is 0 Å². The first-order valence-corrected chi connectivity index (χ1v) is 7.56. The van der Waals surface area contributed by atoms with Gasteiger partial charge in [0.2, 0.25) is 12.7 Å². The topological polar surface area (TPSA) is 38.8 Å². The van der Waals surface area contributed by atoms with Gasteiger partial charge >= 0.3 is 0 Å². The van der Waals surface area contributed by atoms with Crippen LogP contribution in [-0.2, 0) is 11.2 Å². The molecular weight excluding hydrogens is 266 g/mol. The van der Waals surface area contributed by atoms with E-state index in [0.29, 0.717) is 12.7 Å². The predicted octanol–water partition coefficient (Wildman–Crippen LogP) is 2.77. The molecule has 2 aliphatic rings. The fourth-order valence-corrected chi connectivity index (χ4v) is 3.01. The molecule has 2 heterocycles. The number of ether oxygens (including phenoxy) is 2. The highest BCUT2D eigenvalue weighted by Crippen LogP contribution is 2.34. The lowest BCUT2D eigenvalue weighted by Gasteiger charge is -2.31. The Hall–Kier alpha value is -1.97. The number of nitrogens with zero attached hydrogens (tertiary/aromatic N) is 1. The van der Waals surface area contributed by atoms with Gasteiger partial charge in [0.25, 0.3) is 0 Å². The minimum Gasteiger partial charge on any atom is -0.454 e. The Labute approximate surface area is 125 Å². The van der Waals surface area contributed by atoms with E-state index >= 15 is 0 Å². The van der Waals surface area contributed by atoms with Gasteiger partial charge in [0.05, 0.1) is 0 Å². The highest BCUT2D eigenvalue weighted by atomic mass is 16.7.